The molecule has 2 N–H and O–H groups in total. The average Bonchev–Trinajstić information content (AvgIpc) is 3.74. The van der Waals surface area contributed by atoms with Crippen LogP contribution in [0.4, 0.5) is 0 Å². The molecule has 4 aromatic rings. The Balaban J connectivity index is 1.18. The van der Waals surface area contributed by atoms with Crippen molar-refractivity contribution in [3.8, 4) is 22.9 Å². The van der Waals surface area contributed by atoms with E-state index in [4.69, 9.17) is 5.26 Å². The second kappa shape index (κ2) is 12.2. The number of likely N-dealkylation sites (tertiary alicyclic amines) is 1. The molecule has 43 heavy (non-hydrogen) atoms. The number of nitriles is 1. The topological polar surface area (TPSA) is 116 Å². The number of aromatic nitrogens is 3. The minimum Gasteiger partial charge on any atom is -0.351 e. The molecule has 9 heteroatoms. The van der Waals surface area contributed by atoms with Crippen LogP contribution in [0, 0.1) is 11.3 Å². The Bertz CT molecular complexity index is 1610. The van der Waals surface area contributed by atoms with E-state index in [0.717, 1.165) is 61.2 Å². The van der Waals surface area contributed by atoms with Gasteiger partial charge >= 0.3 is 0 Å². The Kier molecular flexibility index (Phi) is 8.03. The maximum Gasteiger partial charge on any atom is 0.243 e. The van der Waals surface area contributed by atoms with E-state index >= 15 is 0 Å². The molecule has 9 nitrogen and oxygen atoms in total. The van der Waals surface area contributed by atoms with E-state index in [-0.39, 0.29) is 24.3 Å². The lowest BCUT2D eigenvalue weighted by atomic mass is 9.94. The van der Waals surface area contributed by atoms with Crippen molar-refractivity contribution < 1.29 is 9.59 Å². The van der Waals surface area contributed by atoms with E-state index in [2.05, 4.69) is 39.0 Å². The van der Waals surface area contributed by atoms with Gasteiger partial charge in [-0.05, 0) is 86.8 Å². The highest BCUT2D eigenvalue weighted by atomic mass is 16.2. The number of nitrogens with zero attached hydrogens (tertiary/aromatic N) is 5. The maximum atomic E-state index is 13.6. The van der Waals surface area contributed by atoms with Gasteiger partial charge in [0.15, 0.2) is 0 Å². The molecule has 1 atom stereocenters. The van der Waals surface area contributed by atoms with Gasteiger partial charge in [-0.25, -0.2) is 4.68 Å². The summed E-state index contributed by atoms with van der Waals surface area (Å²) >= 11 is 0. The van der Waals surface area contributed by atoms with Crippen LogP contribution in [0.1, 0.15) is 42.5 Å². The predicted molar refractivity (Wildman–Crippen MR) is 163 cm³/mol. The molecule has 0 bridgehead atoms. The fraction of sp³-hybridized carbons (Fsp3) is 0.324. The molecular weight excluding hydrogens is 538 g/mol. The molecule has 1 aromatic heterocycles. The van der Waals surface area contributed by atoms with Gasteiger partial charge in [-0.2, -0.15) is 5.26 Å². The van der Waals surface area contributed by atoms with E-state index < -0.39 is 11.5 Å². The molecule has 1 aliphatic heterocycles. The van der Waals surface area contributed by atoms with Crippen LogP contribution in [-0.2, 0) is 21.4 Å². The molecule has 1 unspecified atom stereocenters. The van der Waals surface area contributed by atoms with Crippen molar-refractivity contribution in [2.24, 2.45) is 0 Å². The third-order valence-corrected chi connectivity index (χ3v) is 8.63. The lowest BCUT2D eigenvalue weighted by Crippen LogP contribution is -2.54. The summed E-state index contributed by atoms with van der Waals surface area (Å²) in [7, 11) is 2.09. The highest BCUT2D eigenvalue weighted by Gasteiger charge is 2.52. The Morgan fingerprint density at radius 3 is 2.26 bits per heavy atom. The zero-order chi connectivity index (χ0) is 29.8. The van der Waals surface area contributed by atoms with Crippen molar-refractivity contribution in [1.82, 2.24) is 30.5 Å². The molecule has 1 saturated heterocycles. The van der Waals surface area contributed by atoms with E-state index in [1.54, 1.807) is 16.8 Å². The highest BCUT2D eigenvalue weighted by molar-refractivity contribution is 5.95. The molecule has 218 valence electrons. The summed E-state index contributed by atoms with van der Waals surface area (Å²) < 4.78 is 1.68. The van der Waals surface area contributed by atoms with Gasteiger partial charge in [0.05, 0.1) is 34.6 Å². The van der Waals surface area contributed by atoms with Crippen molar-refractivity contribution in [1.29, 1.82) is 5.26 Å². The highest BCUT2D eigenvalue weighted by Crippen LogP contribution is 2.48. The maximum absolute atomic E-state index is 13.6. The van der Waals surface area contributed by atoms with Crippen molar-refractivity contribution in [3.63, 3.8) is 0 Å². The first-order valence-corrected chi connectivity index (χ1v) is 14.8. The van der Waals surface area contributed by atoms with Crippen LogP contribution in [0.15, 0.2) is 85.1 Å². The second-order valence-electron chi connectivity index (χ2n) is 11.7. The van der Waals surface area contributed by atoms with Crippen LogP contribution in [0.5, 0.6) is 0 Å². The zero-order valence-corrected chi connectivity index (χ0v) is 24.2. The monoisotopic (exact) mass is 573 g/mol. The first-order valence-electron chi connectivity index (χ1n) is 14.8. The van der Waals surface area contributed by atoms with E-state index in [1.807, 2.05) is 72.9 Å². The van der Waals surface area contributed by atoms with Gasteiger partial charge in [0.25, 0.3) is 0 Å². The third-order valence-electron chi connectivity index (χ3n) is 8.63. The number of amides is 2. The molecule has 0 spiro atoms. The minimum absolute atomic E-state index is 0.0809. The average molecular weight is 574 g/mol. The van der Waals surface area contributed by atoms with Gasteiger partial charge < -0.3 is 15.5 Å². The molecule has 0 radical (unpaired) electrons. The number of nitrogens with one attached hydrogen (secondary N) is 2. The Morgan fingerprint density at radius 2 is 1.63 bits per heavy atom. The molecule has 2 heterocycles. The molecule has 1 saturated carbocycles. The number of benzene rings is 3. The summed E-state index contributed by atoms with van der Waals surface area (Å²) in [6, 6.07) is 26.6. The number of rotatable bonds is 9. The SMILES string of the molecule is CN1CCC(NC(=O)C(Cc2cn(-c3ccc(-c4ccc(C#N)cc4)cc3)nn2)NC(=O)C2(c3ccccc3)CC2)CC1. The first kappa shape index (κ1) is 28.3. The van der Waals surface area contributed by atoms with E-state index in [0.29, 0.717) is 11.3 Å². The summed E-state index contributed by atoms with van der Waals surface area (Å²) in [4.78, 5) is 29.5. The largest absolute Gasteiger partial charge is 0.351 e. The van der Waals surface area contributed by atoms with Crippen LogP contribution in [-0.4, -0.2) is 63.9 Å². The van der Waals surface area contributed by atoms with Crippen LogP contribution in [0.2, 0.25) is 0 Å². The summed E-state index contributed by atoms with van der Waals surface area (Å²) in [5, 5.41) is 24.0. The van der Waals surface area contributed by atoms with Crippen LogP contribution < -0.4 is 10.6 Å². The lowest BCUT2D eigenvalue weighted by Gasteiger charge is -2.31. The summed E-state index contributed by atoms with van der Waals surface area (Å²) in [5.41, 5.74) is 4.51. The summed E-state index contributed by atoms with van der Waals surface area (Å²) in [5.74, 6) is -0.305. The van der Waals surface area contributed by atoms with Crippen molar-refractivity contribution in [2.75, 3.05) is 20.1 Å². The normalized spacial score (nSPS) is 17.0. The fourth-order valence-electron chi connectivity index (χ4n) is 5.76. The Hall–Kier alpha value is -4.81. The van der Waals surface area contributed by atoms with Crippen molar-refractivity contribution in [2.45, 2.75) is 49.6 Å². The van der Waals surface area contributed by atoms with E-state index in [9.17, 15) is 9.59 Å². The lowest BCUT2D eigenvalue weighted by molar-refractivity contribution is -0.130. The van der Waals surface area contributed by atoms with Crippen LogP contribution in [0.3, 0.4) is 0 Å². The Morgan fingerprint density at radius 1 is 0.977 bits per heavy atom. The molecule has 2 amide bonds. The van der Waals surface area contributed by atoms with Gasteiger partial charge in [0.2, 0.25) is 11.8 Å². The molecular formula is C34H35N7O2. The quantitative estimate of drug-likeness (QED) is 0.315. The number of hydrogen-bond acceptors (Lipinski definition) is 6. The third kappa shape index (κ3) is 6.35. The van der Waals surface area contributed by atoms with Crippen molar-refractivity contribution in [3.05, 3.63) is 102 Å². The van der Waals surface area contributed by atoms with Gasteiger partial charge in [-0.3, -0.25) is 9.59 Å². The summed E-state index contributed by atoms with van der Waals surface area (Å²) in [6.45, 7) is 1.86. The fourth-order valence-corrected chi connectivity index (χ4v) is 5.76. The van der Waals surface area contributed by atoms with Gasteiger partial charge in [0.1, 0.15) is 6.04 Å². The van der Waals surface area contributed by atoms with Crippen LogP contribution >= 0.6 is 0 Å². The number of piperidine rings is 1. The molecule has 2 fully saturated rings. The van der Waals surface area contributed by atoms with Gasteiger partial charge in [0, 0.05) is 12.5 Å². The molecule has 3 aromatic carbocycles. The zero-order valence-electron chi connectivity index (χ0n) is 24.2. The van der Waals surface area contributed by atoms with Gasteiger partial charge in [-0.15, -0.1) is 5.10 Å². The first-order chi connectivity index (χ1) is 20.9. The number of hydrogen-bond donors (Lipinski definition) is 2. The minimum atomic E-state index is -0.766. The Labute approximate surface area is 251 Å². The van der Waals surface area contributed by atoms with Crippen LogP contribution in [0.25, 0.3) is 16.8 Å². The predicted octanol–water partition coefficient (Wildman–Crippen LogP) is 3.78. The molecule has 1 aliphatic carbocycles. The van der Waals surface area contributed by atoms with E-state index in [1.165, 1.54) is 0 Å². The van der Waals surface area contributed by atoms with Crippen molar-refractivity contribution >= 4 is 11.8 Å². The summed E-state index contributed by atoms with van der Waals surface area (Å²) in [6.07, 6.45) is 5.33. The number of carbonyl (C=O) groups is 2. The number of carbonyl (C=O) groups excluding carboxylic acids is 2. The second-order valence-corrected chi connectivity index (χ2v) is 11.7. The standard InChI is InChI=1S/C34H35N7O2/c1-40-19-15-28(16-20-40)36-32(42)31(37-33(43)34(17-18-34)27-5-3-2-4-6-27)21-29-23-41(39-38-29)30-13-11-26(12-14-30)25-9-7-24(22-35)8-10-25/h2-14,23,28,31H,15-21H2,1H3,(H,36,42)(H,37,43). The molecule has 6 rings (SSSR count). The van der Waals surface area contributed by atoms with Gasteiger partial charge in [-0.1, -0.05) is 59.8 Å². The smallest absolute Gasteiger partial charge is 0.243 e. The molecule has 2 aliphatic rings.